The van der Waals surface area contributed by atoms with Crippen LogP contribution in [0.3, 0.4) is 0 Å². The minimum Gasteiger partial charge on any atom is -0.350 e. The molecule has 2 aromatic heterocycles. The highest BCUT2D eigenvalue weighted by atomic mass is 32.1. The first-order chi connectivity index (χ1) is 10.3. The predicted octanol–water partition coefficient (Wildman–Crippen LogP) is 1.12. The number of rotatable bonds is 6. The Labute approximate surface area is 127 Å². The van der Waals surface area contributed by atoms with E-state index in [-0.39, 0.29) is 5.91 Å². The van der Waals surface area contributed by atoms with E-state index in [9.17, 15) is 4.79 Å². The number of carbonyl (C=O) groups excluding carboxylic acids is 1. The zero-order valence-electron chi connectivity index (χ0n) is 11.8. The van der Waals surface area contributed by atoms with E-state index in [0.29, 0.717) is 19.1 Å². The Morgan fingerprint density at radius 2 is 2.48 bits per heavy atom. The maximum Gasteiger partial charge on any atom is 0.234 e. The number of nitrogens with one attached hydrogen (secondary N) is 1. The Bertz CT molecular complexity index is 554. The Morgan fingerprint density at radius 1 is 1.52 bits per heavy atom. The van der Waals surface area contributed by atoms with Crippen molar-refractivity contribution in [1.29, 1.82) is 0 Å². The fourth-order valence-electron chi connectivity index (χ4n) is 2.69. The molecule has 6 nitrogen and oxygen atoms in total. The summed E-state index contributed by atoms with van der Waals surface area (Å²) in [4.78, 5) is 19.4. The number of aromatic nitrogens is 3. The van der Waals surface area contributed by atoms with E-state index < -0.39 is 0 Å². The summed E-state index contributed by atoms with van der Waals surface area (Å²) >= 11 is 1.66. The highest BCUT2D eigenvalue weighted by molar-refractivity contribution is 7.09. The summed E-state index contributed by atoms with van der Waals surface area (Å²) in [6.07, 6.45) is 5.52. The van der Waals surface area contributed by atoms with Crippen LogP contribution in [0.4, 0.5) is 0 Å². The van der Waals surface area contributed by atoms with Crippen molar-refractivity contribution in [3.8, 4) is 0 Å². The minimum atomic E-state index is 0.0916. The lowest BCUT2D eigenvalue weighted by atomic mass is 10.2. The van der Waals surface area contributed by atoms with E-state index in [0.717, 1.165) is 25.9 Å². The SMILES string of the molecule is O=C(CN1CCCC1Cn1cncn1)NCc1cccs1. The third kappa shape index (κ3) is 3.89. The maximum atomic E-state index is 12.1. The number of hydrogen-bond acceptors (Lipinski definition) is 5. The summed E-state index contributed by atoms with van der Waals surface area (Å²) < 4.78 is 1.84. The maximum absolute atomic E-state index is 12.1. The summed E-state index contributed by atoms with van der Waals surface area (Å²) in [5.74, 6) is 0.0916. The quantitative estimate of drug-likeness (QED) is 0.869. The van der Waals surface area contributed by atoms with Crippen molar-refractivity contribution >= 4 is 17.2 Å². The molecule has 1 unspecified atom stereocenters. The van der Waals surface area contributed by atoms with E-state index in [1.54, 1.807) is 24.0 Å². The van der Waals surface area contributed by atoms with Crippen LogP contribution in [0, 0.1) is 0 Å². The van der Waals surface area contributed by atoms with Crippen LogP contribution in [-0.4, -0.2) is 44.7 Å². The Balaban J connectivity index is 1.47. The van der Waals surface area contributed by atoms with Gasteiger partial charge in [-0.1, -0.05) is 6.07 Å². The molecule has 21 heavy (non-hydrogen) atoms. The van der Waals surface area contributed by atoms with Crippen molar-refractivity contribution in [1.82, 2.24) is 25.0 Å². The molecule has 1 atom stereocenters. The Kier molecular flexibility index (Phi) is 4.62. The lowest BCUT2D eigenvalue weighted by Crippen LogP contribution is -2.41. The second-order valence-corrected chi connectivity index (χ2v) is 6.27. The first-order valence-corrected chi connectivity index (χ1v) is 8.05. The summed E-state index contributed by atoms with van der Waals surface area (Å²) in [6.45, 7) is 2.87. The van der Waals surface area contributed by atoms with Gasteiger partial charge >= 0.3 is 0 Å². The average molecular weight is 305 g/mol. The molecule has 1 saturated heterocycles. The van der Waals surface area contributed by atoms with Gasteiger partial charge < -0.3 is 5.32 Å². The van der Waals surface area contributed by atoms with Gasteiger partial charge in [0.15, 0.2) is 0 Å². The van der Waals surface area contributed by atoms with Crippen LogP contribution in [0.15, 0.2) is 30.2 Å². The molecule has 2 aromatic rings. The van der Waals surface area contributed by atoms with Gasteiger partial charge in [-0.3, -0.25) is 14.4 Å². The first-order valence-electron chi connectivity index (χ1n) is 7.17. The van der Waals surface area contributed by atoms with Gasteiger partial charge in [-0.2, -0.15) is 5.10 Å². The van der Waals surface area contributed by atoms with Gasteiger partial charge in [0.25, 0.3) is 0 Å². The molecule has 112 valence electrons. The molecular weight excluding hydrogens is 286 g/mol. The smallest absolute Gasteiger partial charge is 0.234 e. The fraction of sp³-hybridized carbons (Fsp3) is 0.500. The van der Waals surface area contributed by atoms with Crippen LogP contribution in [0.2, 0.25) is 0 Å². The van der Waals surface area contributed by atoms with Crippen molar-refractivity contribution in [2.75, 3.05) is 13.1 Å². The van der Waals surface area contributed by atoms with Crippen LogP contribution in [0.1, 0.15) is 17.7 Å². The van der Waals surface area contributed by atoms with Crippen LogP contribution >= 0.6 is 11.3 Å². The molecule has 1 N–H and O–H groups in total. The number of likely N-dealkylation sites (tertiary alicyclic amines) is 1. The number of thiophene rings is 1. The molecule has 7 heteroatoms. The third-order valence-corrected chi connectivity index (χ3v) is 4.63. The monoisotopic (exact) mass is 305 g/mol. The third-order valence-electron chi connectivity index (χ3n) is 3.75. The zero-order chi connectivity index (χ0) is 14.5. The lowest BCUT2D eigenvalue weighted by Gasteiger charge is -2.23. The van der Waals surface area contributed by atoms with Crippen LogP contribution in [0.25, 0.3) is 0 Å². The summed E-state index contributed by atoms with van der Waals surface area (Å²) in [6, 6.07) is 4.41. The molecule has 0 aliphatic carbocycles. The van der Waals surface area contributed by atoms with Crippen molar-refractivity contribution in [2.24, 2.45) is 0 Å². The number of carbonyl (C=O) groups is 1. The van der Waals surface area contributed by atoms with E-state index in [2.05, 4.69) is 20.3 Å². The zero-order valence-corrected chi connectivity index (χ0v) is 12.6. The van der Waals surface area contributed by atoms with Crippen molar-refractivity contribution in [2.45, 2.75) is 32.0 Å². The average Bonchev–Trinajstić information content (AvgIpc) is 3.20. The van der Waals surface area contributed by atoms with E-state index in [4.69, 9.17) is 0 Å². The molecule has 1 aliphatic heterocycles. The molecule has 0 aromatic carbocycles. The molecule has 3 rings (SSSR count). The van der Waals surface area contributed by atoms with Crippen LogP contribution < -0.4 is 5.32 Å². The summed E-state index contributed by atoms with van der Waals surface area (Å²) in [5.41, 5.74) is 0. The largest absolute Gasteiger partial charge is 0.350 e. The van der Waals surface area contributed by atoms with Crippen molar-refractivity contribution in [3.63, 3.8) is 0 Å². The number of amides is 1. The van der Waals surface area contributed by atoms with Crippen molar-refractivity contribution in [3.05, 3.63) is 35.0 Å². The number of nitrogens with zero attached hydrogens (tertiary/aromatic N) is 4. The molecule has 3 heterocycles. The van der Waals surface area contributed by atoms with E-state index in [1.807, 2.05) is 22.2 Å². The summed E-state index contributed by atoms with van der Waals surface area (Å²) in [5, 5.41) is 9.15. The minimum absolute atomic E-state index is 0.0916. The van der Waals surface area contributed by atoms with Gasteiger partial charge in [-0.15, -0.1) is 11.3 Å². The van der Waals surface area contributed by atoms with Crippen molar-refractivity contribution < 1.29 is 4.79 Å². The number of hydrogen-bond donors (Lipinski definition) is 1. The lowest BCUT2D eigenvalue weighted by molar-refractivity contribution is -0.122. The predicted molar refractivity (Wildman–Crippen MR) is 80.8 cm³/mol. The van der Waals surface area contributed by atoms with E-state index >= 15 is 0 Å². The van der Waals surface area contributed by atoms with Crippen LogP contribution in [-0.2, 0) is 17.9 Å². The topological polar surface area (TPSA) is 63.1 Å². The molecule has 1 amide bonds. The van der Waals surface area contributed by atoms with Gasteiger partial charge in [-0.05, 0) is 30.8 Å². The highest BCUT2D eigenvalue weighted by Gasteiger charge is 2.26. The first kappa shape index (κ1) is 14.2. The molecule has 1 aliphatic rings. The Hall–Kier alpha value is -1.73. The normalized spacial score (nSPS) is 19.0. The van der Waals surface area contributed by atoms with Gasteiger partial charge in [0, 0.05) is 10.9 Å². The summed E-state index contributed by atoms with van der Waals surface area (Å²) in [7, 11) is 0. The molecule has 0 spiro atoms. The fourth-order valence-corrected chi connectivity index (χ4v) is 3.34. The molecule has 0 bridgehead atoms. The van der Waals surface area contributed by atoms with Gasteiger partial charge in [-0.25, -0.2) is 4.98 Å². The second-order valence-electron chi connectivity index (χ2n) is 5.24. The molecule has 1 fully saturated rings. The molecule has 0 radical (unpaired) electrons. The molecule has 0 saturated carbocycles. The van der Waals surface area contributed by atoms with Gasteiger partial charge in [0.05, 0.1) is 19.6 Å². The van der Waals surface area contributed by atoms with Crippen LogP contribution in [0.5, 0.6) is 0 Å². The Morgan fingerprint density at radius 3 is 3.24 bits per heavy atom. The second kappa shape index (κ2) is 6.82. The van der Waals surface area contributed by atoms with Gasteiger partial charge in [0.1, 0.15) is 12.7 Å². The highest BCUT2D eigenvalue weighted by Crippen LogP contribution is 2.18. The van der Waals surface area contributed by atoms with Gasteiger partial charge in [0.2, 0.25) is 5.91 Å². The van der Waals surface area contributed by atoms with E-state index in [1.165, 1.54) is 4.88 Å². The standard InChI is InChI=1S/C14H19N5OS/c20-14(16-7-13-4-2-6-21-13)9-18-5-1-3-12(18)8-19-11-15-10-17-19/h2,4,6,10-12H,1,3,5,7-9H2,(H,16,20). The molecular formula is C14H19N5OS.